The number of hydrogen-bond donors (Lipinski definition) is 2. The molecule has 1 saturated carbocycles. The molecule has 0 aromatic heterocycles. The highest BCUT2D eigenvalue weighted by Gasteiger charge is 2.49. The third-order valence-electron chi connectivity index (χ3n) is 6.78. The number of aliphatic hydroxyl groups is 2. The van der Waals surface area contributed by atoms with Gasteiger partial charge >= 0.3 is 0 Å². The Kier molecular flexibility index (Phi) is 10.0. The Hall–Kier alpha value is -2.58. The summed E-state index contributed by atoms with van der Waals surface area (Å²) >= 11 is 0. The summed E-state index contributed by atoms with van der Waals surface area (Å²) in [4.78, 5) is 0. The smallest absolute Gasteiger partial charge is 0.113 e. The quantitative estimate of drug-likeness (QED) is 0.396. The molecular weight excluding hydrogens is 456 g/mol. The molecule has 6 nitrogen and oxygen atoms in total. The molecule has 0 heterocycles. The van der Waals surface area contributed by atoms with E-state index in [0.717, 1.165) is 16.7 Å². The van der Waals surface area contributed by atoms with Gasteiger partial charge in [0.25, 0.3) is 0 Å². The summed E-state index contributed by atoms with van der Waals surface area (Å²) in [5.41, 5.74) is 3.10. The molecule has 3 aromatic carbocycles. The van der Waals surface area contributed by atoms with Crippen molar-refractivity contribution >= 4 is 0 Å². The first-order valence-electron chi connectivity index (χ1n) is 12.5. The molecule has 192 valence electrons. The topological polar surface area (TPSA) is 77.4 Å². The third kappa shape index (κ3) is 7.01. The van der Waals surface area contributed by atoms with E-state index in [1.807, 2.05) is 91.0 Å². The Morgan fingerprint density at radius 2 is 1.08 bits per heavy atom. The van der Waals surface area contributed by atoms with Crippen LogP contribution in [0, 0.1) is 5.92 Å². The molecule has 3 aromatic rings. The summed E-state index contributed by atoms with van der Waals surface area (Å²) in [6.45, 7) is 0.747. The molecule has 0 spiro atoms. The van der Waals surface area contributed by atoms with Crippen LogP contribution in [0.4, 0.5) is 0 Å². The molecule has 0 bridgehead atoms. The Morgan fingerprint density at radius 1 is 0.667 bits per heavy atom. The fourth-order valence-corrected chi connectivity index (χ4v) is 4.83. The van der Waals surface area contributed by atoms with Crippen LogP contribution >= 0.6 is 0 Å². The van der Waals surface area contributed by atoms with E-state index in [-0.39, 0.29) is 18.6 Å². The van der Waals surface area contributed by atoms with E-state index < -0.39 is 24.4 Å². The van der Waals surface area contributed by atoms with Gasteiger partial charge in [0.15, 0.2) is 0 Å². The zero-order valence-corrected chi connectivity index (χ0v) is 20.7. The van der Waals surface area contributed by atoms with Crippen LogP contribution in [-0.2, 0) is 38.8 Å². The van der Waals surface area contributed by atoms with Crippen LogP contribution in [0.15, 0.2) is 91.0 Å². The number of benzene rings is 3. The zero-order valence-electron chi connectivity index (χ0n) is 20.7. The van der Waals surface area contributed by atoms with E-state index in [0.29, 0.717) is 26.2 Å². The molecule has 0 radical (unpaired) electrons. The van der Waals surface area contributed by atoms with E-state index >= 15 is 0 Å². The van der Waals surface area contributed by atoms with E-state index in [1.54, 1.807) is 7.11 Å². The van der Waals surface area contributed by atoms with E-state index in [1.165, 1.54) is 0 Å². The highest BCUT2D eigenvalue weighted by atomic mass is 16.6. The second kappa shape index (κ2) is 13.7. The minimum Gasteiger partial charge on any atom is -0.394 e. The van der Waals surface area contributed by atoms with Crippen molar-refractivity contribution in [3.8, 4) is 0 Å². The molecule has 6 unspecified atom stereocenters. The first-order chi connectivity index (χ1) is 17.7. The first kappa shape index (κ1) is 26.5. The average molecular weight is 493 g/mol. The molecular formula is C30H36O6. The number of methoxy groups -OCH3 is 1. The van der Waals surface area contributed by atoms with Gasteiger partial charge in [0.1, 0.15) is 12.2 Å². The second-order valence-corrected chi connectivity index (χ2v) is 9.21. The van der Waals surface area contributed by atoms with Gasteiger partial charge in [-0.15, -0.1) is 0 Å². The van der Waals surface area contributed by atoms with Gasteiger partial charge in [-0.25, -0.2) is 0 Å². The molecule has 6 heteroatoms. The van der Waals surface area contributed by atoms with Gasteiger partial charge < -0.3 is 29.2 Å². The molecule has 36 heavy (non-hydrogen) atoms. The molecule has 0 saturated heterocycles. The van der Waals surface area contributed by atoms with Crippen molar-refractivity contribution in [2.24, 2.45) is 5.92 Å². The molecule has 1 aliphatic carbocycles. The number of rotatable bonds is 12. The predicted octanol–water partition coefficient (Wildman–Crippen LogP) is 4.13. The maximum absolute atomic E-state index is 10.8. The first-order valence-corrected chi connectivity index (χ1v) is 12.5. The van der Waals surface area contributed by atoms with Crippen molar-refractivity contribution in [2.75, 3.05) is 13.7 Å². The summed E-state index contributed by atoms with van der Waals surface area (Å²) in [6.07, 6.45) is -2.30. The number of aliphatic hydroxyl groups excluding tert-OH is 2. The van der Waals surface area contributed by atoms with Gasteiger partial charge in [-0.3, -0.25) is 0 Å². The van der Waals surface area contributed by atoms with Crippen LogP contribution in [0.1, 0.15) is 23.1 Å². The number of ether oxygens (including phenoxy) is 4. The van der Waals surface area contributed by atoms with Gasteiger partial charge in [0, 0.05) is 13.0 Å². The fourth-order valence-electron chi connectivity index (χ4n) is 4.83. The van der Waals surface area contributed by atoms with Crippen LogP contribution in [0.5, 0.6) is 0 Å². The minimum absolute atomic E-state index is 0.336. The molecule has 2 N–H and O–H groups in total. The molecule has 0 amide bonds. The van der Waals surface area contributed by atoms with Crippen molar-refractivity contribution in [3.63, 3.8) is 0 Å². The summed E-state index contributed by atoms with van der Waals surface area (Å²) in [7, 11) is 1.64. The van der Waals surface area contributed by atoms with Crippen LogP contribution in [-0.4, -0.2) is 54.4 Å². The van der Waals surface area contributed by atoms with Gasteiger partial charge in [0.05, 0.1) is 44.7 Å². The van der Waals surface area contributed by atoms with Crippen LogP contribution in [0.3, 0.4) is 0 Å². The Balaban J connectivity index is 1.61. The lowest BCUT2D eigenvalue weighted by atomic mass is 9.77. The summed E-state index contributed by atoms with van der Waals surface area (Å²) in [5, 5.41) is 20.6. The third-order valence-corrected chi connectivity index (χ3v) is 6.78. The van der Waals surface area contributed by atoms with Gasteiger partial charge in [-0.05, 0) is 23.1 Å². The standard InChI is InChI=1S/C30H36O6/c1-33-27-17-25(26(32)18-31)28(34-19-22-11-5-2-6-12-22)30(36-21-24-15-9-4-10-16-24)29(27)35-20-23-13-7-3-8-14-23/h2-16,25-32H,17-21H2,1H3. The lowest BCUT2D eigenvalue weighted by molar-refractivity contribution is -0.235. The normalized spacial score (nSPS) is 24.9. The lowest BCUT2D eigenvalue weighted by Crippen LogP contribution is -2.59. The van der Waals surface area contributed by atoms with Crippen molar-refractivity contribution < 1.29 is 29.2 Å². The number of hydrogen-bond acceptors (Lipinski definition) is 6. The highest BCUT2D eigenvalue weighted by Crippen LogP contribution is 2.36. The van der Waals surface area contributed by atoms with Crippen molar-refractivity contribution in [3.05, 3.63) is 108 Å². The highest BCUT2D eigenvalue weighted by molar-refractivity contribution is 5.16. The molecule has 1 fully saturated rings. The molecule has 0 aliphatic heterocycles. The Labute approximate surface area is 213 Å². The summed E-state index contributed by atoms with van der Waals surface area (Å²) in [6, 6.07) is 29.8. The summed E-state index contributed by atoms with van der Waals surface area (Å²) in [5.74, 6) is -0.388. The van der Waals surface area contributed by atoms with E-state index in [2.05, 4.69) is 0 Å². The van der Waals surface area contributed by atoms with Crippen LogP contribution in [0.2, 0.25) is 0 Å². The maximum atomic E-state index is 10.8. The van der Waals surface area contributed by atoms with Crippen molar-refractivity contribution in [1.29, 1.82) is 0 Å². The van der Waals surface area contributed by atoms with Gasteiger partial charge in [0.2, 0.25) is 0 Å². The molecule has 4 rings (SSSR count). The average Bonchev–Trinajstić information content (AvgIpc) is 2.94. The largest absolute Gasteiger partial charge is 0.394 e. The SMILES string of the molecule is COC1CC(C(O)CO)C(OCc2ccccc2)C(OCc2ccccc2)C1OCc1ccccc1. The van der Waals surface area contributed by atoms with Crippen molar-refractivity contribution in [2.45, 2.75) is 56.8 Å². The van der Waals surface area contributed by atoms with Gasteiger partial charge in [-0.2, -0.15) is 0 Å². The van der Waals surface area contributed by atoms with E-state index in [4.69, 9.17) is 18.9 Å². The lowest BCUT2D eigenvalue weighted by Gasteiger charge is -2.47. The van der Waals surface area contributed by atoms with Gasteiger partial charge in [-0.1, -0.05) is 91.0 Å². The van der Waals surface area contributed by atoms with Crippen LogP contribution < -0.4 is 0 Å². The second-order valence-electron chi connectivity index (χ2n) is 9.21. The Bertz CT molecular complexity index is 1000. The molecule has 6 atom stereocenters. The predicted molar refractivity (Wildman–Crippen MR) is 137 cm³/mol. The Morgan fingerprint density at radius 3 is 1.50 bits per heavy atom. The molecule has 1 aliphatic rings. The van der Waals surface area contributed by atoms with Crippen molar-refractivity contribution in [1.82, 2.24) is 0 Å². The monoisotopic (exact) mass is 492 g/mol. The minimum atomic E-state index is -0.971. The van der Waals surface area contributed by atoms with Crippen LogP contribution in [0.25, 0.3) is 0 Å². The fraction of sp³-hybridized carbons (Fsp3) is 0.400. The van der Waals surface area contributed by atoms with E-state index in [9.17, 15) is 10.2 Å². The zero-order chi connectivity index (χ0) is 25.2. The summed E-state index contributed by atoms with van der Waals surface area (Å²) < 4.78 is 25.3. The maximum Gasteiger partial charge on any atom is 0.113 e.